The molecule has 3 N–H and O–H groups in total. The van der Waals surface area contributed by atoms with Crippen molar-refractivity contribution < 1.29 is 18.0 Å². The number of hydrogen-bond acceptors (Lipinski definition) is 2. The minimum Gasteiger partial charge on any atom is -0.399 e. The fourth-order valence-electron chi connectivity index (χ4n) is 1.56. The van der Waals surface area contributed by atoms with Gasteiger partial charge >= 0.3 is 0 Å². The maximum absolute atomic E-state index is 13.6. The molecular formula is C13H8BrF3N2O. The van der Waals surface area contributed by atoms with Gasteiger partial charge in [-0.1, -0.05) is 15.9 Å². The molecule has 0 heterocycles. The first-order chi connectivity index (χ1) is 9.38. The summed E-state index contributed by atoms with van der Waals surface area (Å²) in [5.41, 5.74) is 4.55. The van der Waals surface area contributed by atoms with Gasteiger partial charge in [0.05, 0.1) is 5.56 Å². The van der Waals surface area contributed by atoms with Gasteiger partial charge in [0.2, 0.25) is 0 Å². The van der Waals surface area contributed by atoms with Crippen molar-refractivity contribution in [1.29, 1.82) is 0 Å². The average Bonchev–Trinajstić information content (AvgIpc) is 2.36. The number of anilines is 2. The third-order valence-corrected chi connectivity index (χ3v) is 2.94. The van der Waals surface area contributed by atoms with Crippen LogP contribution in [0.1, 0.15) is 10.4 Å². The first-order valence-electron chi connectivity index (χ1n) is 5.39. The van der Waals surface area contributed by atoms with Gasteiger partial charge in [-0.05, 0) is 30.3 Å². The van der Waals surface area contributed by atoms with Crippen LogP contribution in [0.5, 0.6) is 0 Å². The Hall–Kier alpha value is -2.02. The number of hydrogen-bond donors (Lipinski definition) is 2. The molecule has 0 unspecified atom stereocenters. The van der Waals surface area contributed by atoms with Crippen LogP contribution < -0.4 is 11.1 Å². The van der Waals surface area contributed by atoms with E-state index in [1.54, 1.807) is 0 Å². The Morgan fingerprint density at radius 3 is 2.25 bits per heavy atom. The van der Waals surface area contributed by atoms with E-state index in [4.69, 9.17) is 5.73 Å². The molecule has 0 aliphatic carbocycles. The number of rotatable bonds is 2. The van der Waals surface area contributed by atoms with Gasteiger partial charge in [0.1, 0.15) is 11.5 Å². The van der Waals surface area contributed by atoms with Crippen molar-refractivity contribution in [3.63, 3.8) is 0 Å². The van der Waals surface area contributed by atoms with E-state index in [9.17, 15) is 18.0 Å². The highest BCUT2D eigenvalue weighted by Gasteiger charge is 2.17. The summed E-state index contributed by atoms with van der Waals surface area (Å²) in [7, 11) is 0. The monoisotopic (exact) mass is 344 g/mol. The fourth-order valence-corrected chi connectivity index (χ4v) is 1.96. The smallest absolute Gasteiger partial charge is 0.258 e. The predicted octanol–water partition coefficient (Wildman–Crippen LogP) is 3.70. The van der Waals surface area contributed by atoms with Crippen molar-refractivity contribution in [2.45, 2.75) is 0 Å². The Labute approximate surface area is 120 Å². The van der Waals surface area contributed by atoms with Gasteiger partial charge in [-0.25, -0.2) is 13.2 Å². The highest BCUT2D eigenvalue weighted by Crippen LogP contribution is 2.24. The average molecular weight is 345 g/mol. The highest BCUT2D eigenvalue weighted by atomic mass is 79.9. The molecule has 20 heavy (non-hydrogen) atoms. The topological polar surface area (TPSA) is 55.1 Å². The van der Waals surface area contributed by atoms with Crippen LogP contribution in [0.2, 0.25) is 0 Å². The van der Waals surface area contributed by atoms with Crippen molar-refractivity contribution in [3.05, 3.63) is 57.8 Å². The van der Waals surface area contributed by atoms with E-state index in [2.05, 4.69) is 15.9 Å². The number of nitrogens with one attached hydrogen (secondary N) is 1. The molecule has 7 heteroatoms. The SMILES string of the molecule is Nc1ccc(F)c(C(=O)Nc2c(F)cc(Br)cc2F)c1. The van der Waals surface area contributed by atoms with Crippen molar-refractivity contribution in [2.75, 3.05) is 11.1 Å². The van der Waals surface area contributed by atoms with Crippen LogP contribution >= 0.6 is 15.9 Å². The minimum absolute atomic E-state index is 0.160. The normalized spacial score (nSPS) is 10.4. The minimum atomic E-state index is -0.991. The molecule has 0 aliphatic heterocycles. The summed E-state index contributed by atoms with van der Waals surface area (Å²) < 4.78 is 40.8. The molecule has 0 fully saturated rings. The Kier molecular flexibility index (Phi) is 3.99. The molecule has 0 radical (unpaired) electrons. The molecular weight excluding hydrogens is 337 g/mol. The fraction of sp³-hybridized carbons (Fsp3) is 0. The summed E-state index contributed by atoms with van der Waals surface area (Å²) in [5, 5.41) is 1.98. The van der Waals surface area contributed by atoms with Gasteiger partial charge in [0, 0.05) is 10.2 Å². The number of carbonyl (C=O) groups excluding carboxylic acids is 1. The van der Waals surface area contributed by atoms with E-state index in [1.807, 2.05) is 5.32 Å². The van der Waals surface area contributed by atoms with E-state index in [0.29, 0.717) is 0 Å². The number of amides is 1. The molecule has 0 bridgehead atoms. The zero-order valence-electron chi connectivity index (χ0n) is 9.88. The number of nitrogens with two attached hydrogens (primary N) is 1. The molecule has 0 saturated carbocycles. The van der Waals surface area contributed by atoms with Crippen LogP contribution in [0.15, 0.2) is 34.8 Å². The van der Waals surface area contributed by atoms with Gasteiger partial charge < -0.3 is 11.1 Å². The second kappa shape index (κ2) is 5.54. The van der Waals surface area contributed by atoms with Crippen LogP contribution in [0.3, 0.4) is 0 Å². The summed E-state index contributed by atoms with van der Waals surface area (Å²) >= 11 is 2.91. The molecule has 104 valence electrons. The van der Waals surface area contributed by atoms with Gasteiger partial charge in [0.25, 0.3) is 5.91 Å². The summed E-state index contributed by atoms with van der Waals surface area (Å²) in [5.74, 6) is -3.78. The van der Waals surface area contributed by atoms with Gasteiger partial charge in [-0.2, -0.15) is 0 Å². The largest absolute Gasteiger partial charge is 0.399 e. The van der Waals surface area contributed by atoms with Crippen molar-refractivity contribution in [1.82, 2.24) is 0 Å². The maximum Gasteiger partial charge on any atom is 0.258 e. The van der Waals surface area contributed by atoms with E-state index in [0.717, 1.165) is 24.3 Å². The zero-order chi connectivity index (χ0) is 14.9. The van der Waals surface area contributed by atoms with E-state index < -0.39 is 34.6 Å². The molecule has 0 atom stereocenters. The van der Waals surface area contributed by atoms with Crippen molar-refractivity contribution in [2.24, 2.45) is 0 Å². The first kappa shape index (κ1) is 14.4. The van der Waals surface area contributed by atoms with E-state index in [1.165, 1.54) is 6.07 Å². The maximum atomic E-state index is 13.6. The van der Waals surface area contributed by atoms with Crippen molar-refractivity contribution >= 4 is 33.2 Å². The molecule has 3 nitrogen and oxygen atoms in total. The Morgan fingerprint density at radius 2 is 1.65 bits per heavy atom. The molecule has 0 spiro atoms. The molecule has 2 rings (SSSR count). The molecule has 2 aromatic carbocycles. The van der Waals surface area contributed by atoms with Crippen LogP contribution in [0, 0.1) is 17.5 Å². The zero-order valence-corrected chi connectivity index (χ0v) is 11.5. The lowest BCUT2D eigenvalue weighted by molar-refractivity contribution is 0.102. The Balaban J connectivity index is 2.35. The third kappa shape index (κ3) is 2.93. The molecule has 0 aromatic heterocycles. The lowest BCUT2D eigenvalue weighted by Crippen LogP contribution is -2.16. The van der Waals surface area contributed by atoms with Crippen LogP contribution in [0.4, 0.5) is 24.5 Å². The number of halogens is 4. The lowest BCUT2D eigenvalue weighted by atomic mass is 10.1. The summed E-state index contributed by atoms with van der Waals surface area (Å²) in [6, 6.07) is 5.31. The highest BCUT2D eigenvalue weighted by molar-refractivity contribution is 9.10. The van der Waals surface area contributed by atoms with Gasteiger partial charge in [-0.15, -0.1) is 0 Å². The molecule has 0 aliphatic rings. The first-order valence-corrected chi connectivity index (χ1v) is 6.18. The van der Waals surface area contributed by atoms with Crippen LogP contribution in [0.25, 0.3) is 0 Å². The Morgan fingerprint density at radius 1 is 1.05 bits per heavy atom. The standard InChI is InChI=1S/C13H8BrF3N2O/c14-6-3-10(16)12(11(17)4-6)19-13(20)8-5-7(18)1-2-9(8)15/h1-5H,18H2,(H,19,20). The number of benzene rings is 2. The quantitative estimate of drug-likeness (QED) is 0.816. The summed E-state index contributed by atoms with van der Waals surface area (Å²) in [6.07, 6.45) is 0. The summed E-state index contributed by atoms with van der Waals surface area (Å²) in [6.45, 7) is 0. The second-order valence-corrected chi connectivity index (χ2v) is 4.85. The van der Waals surface area contributed by atoms with Crippen LogP contribution in [-0.4, -0.2) is 5.91 Å². The molecule has 0 saturated heterocycles. The van der Waals surface area contributed by atoms with E-state index in [-0.39, 0.29) is 10.2 Å². The number of nitrogen functional groups attached to an aromatic ring is 1. The predicted molar refractivity (Wildman–Crippen MR) is 72.8 cm³/mol. The van der Waals surface area contributed by atoms with Gasteiger partial charge in [0.15, 0.2) is 11.6 Å². The molecule has 2 aromatic rings. The summed E-state index contributed by atoms with van der Waals surface area (Å²) in [4.78, 5) is 11.8. The second-order valence-electron chi connectivity index (χ2n) is 3.94. The lowest BCUT2D eigenvalue weighted by Gasteiger charge is -2.09. The number of carbonyl (C=O) groups is 1. The third-order valence-electron chi connectivity index (χ3n) is 2.48. The Bertz CT molecular complexity index is 668. The van der Waals surface area contributed by atoms with Crippen LogP contribution in [-0.2, 0) is 0 Å². The van der Waals surface area contributed by atoms with E-state index >= 15 is 0 Å². The van der Waals surface area contributed by atoms with Crippen molar-refractivity contribution in [3.8, 4) is 0 Å². The molecule has 1 amide bonds. The van der Waals surface area contributed by atoms with Gasteiger partial charge in [-0.3, -0.25) is 4.79 Å².